The third-order valence-corrected chi connectivity index (χ3v) is 4.22. The molecule has 6 heteroatoms. The molecule has 0 spiro atoms. The number of nitrogens with one attached hydrogen (secondary N) is 2. The topological polar surface area (TPSA) is 65.2 Å². The summed E-state index contributed by atoms with van der Waals surface area (Å²) in [5.74, 6) is -0.356. The number of halogens is 1. The second-order valence-electron chi connectivity index (χ2n) is 5.68. The second kappa shape index (κ2) is 6.87. The van der Waals surface area contributed by atoms with E-state index in [1.807, 2.05) is 30.3 Å². The summed E-state index contributed by atoms with van der Waals surface area (Å²) in [7, 11) is 0. The number of benzene rings is 1. The summed E-state index contributed by atoms with van der Waals surface area (Å²) < 4.78 is 0. The van der Waals surface area contributed by atoms with Gasteiger partial charge < -0.3 is 15.2 Å². The second-order valence-corrected chi connectivity index (χ2v) is 6.11. The summed E-state index contributed by atoms with van der Waals surface area (Å²) in [6.45, 7) is 1.08. The van der Waals surface area contributed by atoms with Gasteiger partial charge >= 0.3 is 0 Å². The Labute approximate surface area is 139 Å². The number of hydrogen-bond acceptors (Lipinski definition) is 2. The number of aromatic amines is 1. The van der Waals surface area contributed by atoms with Crippen molar-refractivity contribution in [3.63, 3.8) is 0 Å². The zero-order valence-electron chi connectivity index (χ0n) is 12.6. The van der Waals surface area contributed by atoms with Crippen LogP contribution in [0.2, 0.25) is 5.02 Å². The molecule has 1 aliphatic rings. The van der Waals surface area contributed by atoms with Crippen molar-refractivity contribution in [1.29, 1.82) is 0 Å². The maximum atomic E-state index is 12.4. The first-order valence-corrected chi connectivity index (χ1v) is 8.00. The number of likely N-dealkylation sites (tertiary alicyclic amines) is 1. The molecule has 1 aromatic carbocycles. The number of hydrogen-bond donors (Lipinski definition) is 2. The van der Waals surface area contributed by atoms with E-state index in [-0.39, 0.29) is 17.7 Å². The molecule has 0 saturated carbocycles. The van der Waals surface area contributed by atoms with Crippen molar-refractivity contribution in [3.8, 4) is 0 Å². The number of amides is 2. The van der Waals surface area contributed by atoms with Crippen LogP contribution in [0.25, 0.3) is 0 Å². The number of rotatable bonds is 3. The van der Waals surface area contributed by atoms with Crippen LogP contribution in [0.3, 0.4) is 0 Å². The van der Waals surface area contributed by atoms with Gasteiger partial charge in [0.2, 0.25) is 5.91 Å². The fourth-order valence-electron chi connectivity index (χ4n) is 2.80. The molecule has 3 rings (SSSR count). The van der Waals surface area contributed by atoms with Gasteiger partial charge in [0.1, 0.15) is 5.69 Å². The Bertz CT molecular complexity index is 699. The van der Waals surface area contributed by atoms with Crippen LogP contribution in [0.5, 0.6) is 0 Å². The van der Waals surface area contributed by atoms with E-state index in [1.54, 1.807) is 17.2 Å². The normalized spacial score (nSPS) is 17.8. The first-order chi connectivity index (χ1) is 11.1. The van der Waals surface area contributed by atoms with Crippen LogP contribution in [-0.2, 0) is 4.79 Å². The average molecular weight is 332 g/mol. The Morgan fingerprint density at radius 1 is 1.26 bits per heavy atom. The Morgan fingerprint density at radius 2 is 2.04 bits per heavy atom. The monoisotopic (exact) mass is 331 g/mol. The van der Waals surface area contributed by atoms with Crippen molar-refractivity contribution in [2.45, 2.75) is 12.8 Å². The van der Waals surface area contributed by atoms with E-state index in [0.717, 1.165) is 18.5 Å². The maximum Gasteiger partial charge on any atom is 0.270 e. The van der Waals surface area contributed by atoms with Crippen molar-refractivity contribution in [2.24, 2.45) is 5.92 Å². The van der Waals surface area contributed by atoms with Gasteiger partial charge in [-0.15, -0.1) is 0 Å². The van der Waals surface area contributed by atoms with Gasteiger partial charge in [-0.05, 0) is 31.0 Å². The summed E-state index contributed by atoms with van der Waals surface area (Å²) in [5.41, 5.74) is 1.23. The maximum absolute atomic E-state index is 12.4. The molecule has 2 heterocycles. The first-order valence-electron chi connectivity index (χ1n) is 7.62. The van der Waals surface area contributed by atoms with Crippen LogP contribution in [0.4, 0.5) is 5.69 Å². The lowest BCUT2D eigenvalue weighted by Gasteiger charge is -2.31. The molecule has 0 radical (unpaired) electrons. The summed E-state index contributed by atoms with van der Waals surface area (Å²) in [6, 6.07) is 11.0. The van der Waals surface area contributed by atoms with Gasteiger partial charge in [-0.25, -0.2) is 0 Å². The zero-order valence-corrected chi connectivity index (χ0v) is 13.3. The molecule has 1 saturated heterocycles. The first kappa shape index (κ1) is 15.6. The number of carbonyl (C=O) groups is 2. The number of para-hydroxylation sites is 1. The van der Waals surface area contributed by atoms with Crippen molar-refractivity contribution < 1.29 is 9.59 Å². The van der Waals surface area contributed by atoms with E-state index in [1.165, 1.54) is 0 Å². The number of nitrogens with zero attached hydrogens (tertiary/aromatic N) is 1. The van der Waals surface area contributed by atoms with Gasteiger partial charge in [-0.2, -0.15) is 0 Å². The highest BCUT2D eigenvalue weighted by Gasteiger charge is 2.29. The lowest BCUT2D eigenvalue weighted by Crippen LogP contribution is -2.43. The van der Waals surface area contributed by atoms with Crippen LogP contribution < -0.4 is 5.32 Å². The molecule has 5 nitrogen and oxygen atoms in total. The minimum Gasteiger partial charge on any atom is -0.356 e. The predicted octanol–water partition coefficient (Wildman–Crippen LogP) is 3.16. The fourth-order valence-corrected chi connectivity index (χ4v) is 2.97. The number of aromatic nitrogens is 1. The van der Waals surface area contributed by atoms with Gasteiger partial charge in [0, 0.05) is 25.0 Å². The zero-order chi connectivity index (χ0) is 16.2. The van der Waals surface area contributed by atoms with E-state index in [4.69, 9.17) is 11.6 Å². The standard InChI is InChI=1S/C17H18ClN3O2/c18-13-9-15(19-10-13)17(23)21-8-4-5-12(11-21)16(22)20-14-6-2-1-3-7-14/h1-3,6-7,9-10,12,19H,4-5,8,11H2,(H,20,22). The Balaban J connectivity index is 1.63. The molecular weight excluding hydrogens is 314 g/mol. The van der Waals surface area contributed by atoms with Gasteiger partial charge in [-0.3, -0.25) is 9.59 Å². The quantitative estimate of drug-likeness (QED) is 0.907. The summed E-state index contributed by atoms with van der Waals surface area (Å²) in [4.78, 5) is 29.4. The Hall–Kier alpha value is -2.27. The fraction of sp³-hybridized carbons (Fsp3) is 0.294. The lowest BCUT2D eigenvalue weighted by atomic mass is 9.96. The van der Waals surface area contributed by atoms with Gasteiger partial charge in [0.25, 0.3) is 5.91 Å². The highest BCUT2D eigenvalue weighted by molar-refractivity contribution is 6.30. The van der Waals surface area contributed by atoms with Crippen molar-refractivity contribution in [1.82, 2.24) is 9.88 Å². The molecular formula is C17H18ClN3O2. The van der Waals surface area contributed by atoms with Crippen molar-refractivity contribution in [3.05, 3.63) is 53.3 Å². The van der Waals surface area contributed by atoms with E-state index in [2.05, 4.69) is 10.3 Å². The third-order valence-electron chi connectivity index (χ3n) is 4.00. The minimum absolute atomic E-state index is 0.0433. The molecule has 1 fully saturated rings. The van der Waals surface area contributed by atoms with Crippen molar-refractivity contribution in [2.75, 3.05) is 18.4 Å². The number of piperidine rings is 1. The summed E-state index contributed by atoms with van der Waals surface area (Å²) in [6.07, 6.45) is 3.18. The smallest absolute Gasteiger partial charge is 0.270 e. The summed E-state index contributed by atoms with van der Waals surface area (Å²) >= 11 is 5.85. The molecule has 1 aliphatic heterocycles. The summed E-state index contributed by atoms with van der Waals surface area (Å²) in [5, 5.41) is 3.41. The van der Waals surface area contributed by atoms with Gasteiger partial charge in [-0.1, -0.05) is 29.8 Å². The number of anilines is 1. The van der Waals surface area contributed by atoms with E-state index < -0.39 is 0 Å². The minimum atomic E-state index is -0.196. The van der Waals surface area contributed by atoms with Gasteiger partial charge in [0.05, 0.1) is 10.9 Å². The van der Waals surface area contributed by atoms with Crippen LogP contribution in [0.1, 0.15) is 23.3 Å². The number of carbonyl (C=O) groups excluding carboxylic acids is 2. The van der Waals surface area contributed by atoms with E-state index in [0.29, 0.717) is 23.8 Å². The molecule has 2 aromatic rings. The van der Waals surface area contributed by atoms with Gasteiger partial charge in [0.15, 0.2) is 0 Å². The molecule has 23 heavy (non-hydrogen) atoms. The Kier molecular flexibility index (Phi) is 4.67. The van der Waals surface area contributed by atoms with Crippen LogP contribution in [0, 0.1) is 5.92 Å². The lowest BCUT2D eigenvalue weighted by molar-refractivity contribution is -0.121. The molecule has 1 unspecified atom stereocenters. The molecule has 2 N–H and O–H groups in total. The SMILES string of the molecule is O=C(Nc1ccccc1)C1CCCN(C(=O)c2cc(Cl)c[nH]2)C1. The molecule has 0 aliphatic carbocycles. The molecule has 0 bridgehead atoms. The van der Waals surface area contributed by atoms with Crippen molar-refractivity contribution >= 4 is 29.1 Å². The Morgan fingerprint density at radius 3 is 2.74 bits per heavy atom. The molecule has 2 amide bonds. The third kappa shape index (κ3) is 3.74. The average Bonchev–Trinajstić information content (AvgIpc) is 3.01. The highest BCUT2D eigenvalue weighted by Crippen LogP contribution is 2.21. The van der Waals surface area contributed by atoms with E-state index >= 15 is 0 Å². The largest absolute Gasteiger partial charge is 0.356 e. The molecule has 1 aromatic heterocycles. The van der Waals surface area contributed by atoms with Crippen LogP contribution in [0.15, 0.2) is 42.6 Å². The van der Waals surface area contributed by atoms with E-state index in [9.17, 15) is 9.59 Å². The number of H-pyrrole nitrogens is 1. The molecule has 120 valence electrons. The highest BCUT2D eigenvalue weighted by atomic mass is 35.5. The van der Waals surface area contributed by atoms with Crippen LogP contribution >= 0.6 is 11.6 Å². The molecule has 1 atom stereocenters. The predicted molar refractivity (Wildman–Crippen MR) is 89.5 cm³/mol. The van der Waals surface area contributed by atoms with Crippen LogP contribution in [-0.4, -0.2) is 34.8 Å².